The minimum Gasteiger partial charge on any atom is -0.545 e. The summed E-state index contributed by atoms with van der Waals surface area (Å²) in [5.41, 5.74) is 5.04. The summed E-state index contributed by atoms with van der Waals surface area (Å²) < 4.78 is 0. The maximum absolute atomic E-state index is 10.6. The molecule has 0 atom stereocenters. The van der Waals surface area contributed by atoms with Crippen molar-refractivity contribution in [2.75, 3.05) is 0 Å². The first-order valence-corrected chi connectivity index (χ1v) is 3.22. The van der Waals surface area contributed by atoms with Crippen molar-refractivity contribution in [3.63, 3.8) is 0 Å². The molecule has 0 aromatic heterocycles. The van der Waals surface area contributed by atoms with Crippen LogP contribution < -0.4 is 40.4 Å². The average molecular weight is 187 g/mol. The van der Waals surface area contributed by atoms with Gasteiger partial charge in [0.25, 0.3) is 0 Å². The molecular formula is C8H6NNaO3. The zero-order chi connectivity index (χ0) is 9.14. The van der Waals surface area contributed by atoms with Crippen LogP contribution in [0.3, 0.4) is 0 Å². The summed E-state index contributed by atoms with van der Waals surface area (Å²) in [5, 5.41) is 10.3. The molecule has 1 aromatic carbocycles. The van der Waals surface area contributed by atoms with Gasteiger partial charge in [0.1, 0.15) is 0 Å². The summed E-state index contributed by atoms with van der Waals surface area (Å²) in [6, 6.07) is 5.39. The number of hydrogen-bond donors (Lipinski definition) is 1. The minimum atomic E-state index is -1.32. The molecule has 0 heterocycles. The van der Waals surface area contributed by atoms with E-state index in [4.69, 9.17) is 5.73 Å². The normalized spacial score (nSPS) is 8.62. The Hall–Kier alpha value is -0.840. The quantitative estimate of drug-likeness (QED) is 0.481. The largest absolute Gasteiger partial charge is 1.00 e. The third-order valence-electron chi connectivity index (χ3n) is 1.38. The van der Waals surface area contributed by atoms with Gasteiger partial charge in [-0.1, -0.05) is 12.1 Å². The van der Waals surface area contributed by atoms with Crippen LogP contribution in [0.15, 0.2) is 24.3 Å². The number of primary amides is 1. The number of nitrogens with two attached hydrogens (primary N) is 1. The van der Waals surface area contributed by atoms with Gasteiger partial charge in [0.15, 0.2) is 0 Å². The molecule has 2 N–H and O–H groups in total. The van der Waals surface area contributed by atoms with Gasteiger partial charge in [-0.25, -0.2) is 0 Å². The number of rotatable bonds is 2. The molecule has 0 bridgehead atoms. The summed E-state index contributed by atoms with van der Waals surface area (Å²) >= 11 is 0. The van der Waals surface area contributed by atoms with Crippen LogP contribution in [0.4, 0.5) is 0 Å². The van der Waals surface area contributed by atoms with Gasteiger partial charge >= 0.3 is 29.6 Å². The van der Waals surface area contributed by atoms with Crippen molar-refractivity contribution in [3.8, 4) is 0 Å². The van der Waals surface area contributed by atoms with Crippen LogP contribution in [-0.2, 0) is 0 Å². The van der Waals surface area contributed by atoms with E-state index in [9.17, 15) is 14.7 Å². The van der Waals surface area contributed by atoms with Crippen LogP contribution >= 0.6 is 0 Å². The molecule has 0 aliphatic heterocycles. The zero-order valence-electron chi connectivity index (χ0n) is 7.11. The number of carbonyl (C=O) groups is 2. The SMILES string of the molecule is NC(=O)c1cccc(C(=O)[O-])c1.[Na+]. The van der Waals surface area contributed by atoms with Crippen molar-refractivity contribution in [3.05, 3.63) is 35.4 Å². The Morgan fingerprint density at radius 1 is 1.23 bits per heavy atom. The molecule has 0 saturated heterocycles. The van der Waals surface area contributed by atoms with E-state index in [0.717, 1.165) is 0 Å². The fourth-order valence-electron chi connectivity index (χ4n) is 0.799. The summed E-state index contributed by atoms with van der Waals surface area (Å²) in [4.78, 5) is 20.9. The molecule has 4 nitrogen and oxygen atoms in total. The van der Waals surface area contributed by atoms with E-state index in [1.807, 2.05) is 0 Å². The van der Waals surface area contributed by atoms with Crippen molar-refractivity contribution >= 4 is 11.9 Å². The van der Waals surface area contributed by atoms with E-state index in [-0.39, 0.29) is 40.7 Å². The molecule has 0 radical (unpaired) electrons. The maximum Gasteiger partial charge on any atom is 1.00 e. The van der Waals surface area contributed by atoms with Crippen molar-refractivity contribution in [2.45, 2.75) is 0 Å². The monoisotopic (exact) mass is 187 g/mol. The van der Waals surface area contributed by atoms with Crippen molar-refractivity contribution < 1.29 is 44.3 Å². The number of carboxylic acids is 1. The summed E-state index contributed by atoms with van der Waals surface area (Å²) in [6.07, 6.45) is 0. The minimum absolute atomic E-state index is 0. The van der Waals surface area contributed by atoms with Gasteiger partial charge in [-0.2, -0.15) is 0 Å². The summed E-state index contributed by atoms with van der Waals surface area (Å²) in [5.74, 6) is -1.98. The van der Waals surface area contributed by atoms with Gasteiger partial charge in [-0.3, -0.25) is 4.79 Å². The van der Waals surface area contributed by atoms with E-state index in [1.54, 1.807) is 0 Å². The molecule has 0 aliphatic rings. The number of carbonyl (C=O) groups excluding carboxylic acids is 2. The van der Waals surface area contributed by atoms with Gasteiger partial charge in [-0.15, -0.1) is 0 Å². The second kappa shape index (κ2) is 5.01. The Morgan fingerprint density at radius 2 is 1.77 bits per heavy atom. The van der Waals surface area contributed by atoms with Gasteiger partial charge in [-0.05, 0) is 17.7 Å². The Labute approximate surface area is 97.0 Å². The molecule has 0 fully saturated rings. The first-order chi connectivity index (χ1) is 5.61. The molecule has 0 aliphatic carbocycles. The molecule has 1 rings (SSSR count). The van der Waals surface area contributed by atoms with Gasteiger partial charge in [0.05, 0.1) is 5.97 Å². The van der Waals surface area contributed by atoms with Gasteiger partial charge in [0, 0.05) is 5.56 Å². The van der Waals surface area contributed by atoms with Crippen LogP contribution in [0.25, 0.3) is 0 Å². The number of hydrogen-bond acceptors (Lipinski definition) is 3. The standard InChI is InChI=1S/C8H7NO3.Na/c9-7(10)5-2-1-3-6(4-5)8(11)12;/h1-4H,(H2,9,10)(H,11,12);/q;+1/p-1. The number of aromatic carboxylic acids is 1. The number of amides is 1. The molecule has 0 unspecified atom stereocenters. The van der Waals surface area contributed by atoms with Crippen LogP contribution in [0.1, 0.15) is 20.7 Å². The van der Waals surface area contributed by atoms with Crippen molar-refractivity contribution in [1.29, 1.82) is 0 Å². The van der Waals surface area contributed by atoms with Crippen molar-refractivity contribution in [1.82, 2.24) is 0 Å². The Balaban J connectivity index is 0.00000144. The molecule has 1 aromatic rings. The molecule has 5 heteroatoms. The van der Waals surface area contributed by atoms with E-state index in [2.05, 4.69) is 0 Å². The molecular weight excluding hydrogens is 181 g/mol. The second-order valence-electron chi connectivity index (χ2n) is 2.23. The van der Waals surface area contributed by atoms with E-state index in [1.165, 1.54) is 24.3 Å². The first-order valence-electron chi connectivity index (χ1n) is 3.22. The summed E-state index contributed by atoms with van der Waals surface area (Å²) in [7, 11) is 0. The fraction of sp³-hybridized carbons (Fsp3) is 0. The fourth-order valence-corrected chi connectivity index (χ4v) is 0.799. The van der Waals surface area contributed by atoms with Gasteiger partial charge < -0.3 is 15.6 Å². The third kappa shape index (κ3) is 3.18. The molecule has 13 heavy (non-hydrogen) atoms. The summed E-state index contributed by atoms with van der Waals surface area (Å²) in [6.45, 7) is 0. The maximum atomic E-state index is 10.6. The molecule has 62 valence electrons. The Bertz CT molecular complexity index is 309. The van der Waals surface area contributed by atoms with E-state index in [0.29, 0.717) is 0 Å². The Morgan fingerprint density at radius 3 is 2.23 bits per heavy atom. The smallest absolute Gasteiger partial charge is 0.545 e. The zero-order valence-corrected chi connectivity index (χ0v) is 9.11. The van der Waals surface area contributed by atoms with E-state index < -0.39 is 11.9 Å². The average Bonchev–Trinajstić information content (AvgIpc) is 2.04. The van der Waals surface area contributed by atoms with Crippen LogP contribution in [-0.4, -0.2) is 11.9 Å². The van der Waals surface area contributed by atoms with Crippen molar-refractivity contribution in [2.24, 2.45) is 5.73 Å². The predicted octanol–water partition coefficient (Wildman–Crippen LogP) is -3.85. The van der Waals surface area contributed by atoms with Crippen LogP contribution in [0, 0.1) is 0 Å². The van der Waals surface area contributed by atoms with Gasteiger partial charge in [0.2, 0.25) is 5.91 Å². The third-order valence-corrected chi connectivity index (χ3v) is 1.38. The second-order valence-corrected chi connectivity index (χ2v) is 2.23. The van der Waals surface area contributed by atoms with Crippen LogP contribution in [0.5, 0.6) is 0 Å². The number of carboxylic acid groups (broad SMARTS) is 1. The molecule has 1 amide bonds. The number of benzene rings is 1. The van der Waals surface area contributed by atoms with E-state index >= 15 is 0 Å². The molecule has 0 spiro atoms. The topological polar surface area (TPSA) is 83.2 Å². The Kier molecular flexibility index (Phi) is 4.69. The molecule has 0 saturated carbocycles. The first kappa shape index (κ1) is 12.2. The predicted molar refractivity (Wildman–Crippen MR) is 39.3 cm³/mol. The van der Waals surface area contributed by atoms with Crippen LogP contribution in [0.2, 0.25) is 0 Å².